The second kappa shape index (κ2) is 4.54. The number of H-pyrrole nitrogens is 1. The molecule has 1 fully saturated rings. The van der Waals surface area contributed by atoms with E-state index in [1.807, 2.05) is 38.1 Å². The molecule has 1 N–H and O–H groups in total. The van der Waals surface area contributed by atoms with E-state index < -0.39 is 0 Å². The van der Waals surface area contributed by atoms with Crippen LogP contribution in [0.25, 0.3) is 16.3 Å². The molecular formula is C19H17NO2. The van der Waals surface area contributed by atoms with Crippen molar-refractivity contribution in [1.82, 2.24) is 4.98 Å². The van der Waals surface area contributed by atoms with Crippen LogP contribution in [-0.2, 0) is 0 Å². The topological polar surface area (TPSA) is 49.9 Å². The van der Waals surface area contributed by atoms with Crippen molar-refractivity contribution in [3.8, 4) is 0 Å². The van der Waals surface area contributed by atoms with Gasteiger partial charge >= 0.3 is 0 Å². The van der Waals surface area contributed by atoms with Crippen LogP contribution < -0.4 is 5.56 Å². The Kier molecular flexibility index (Phi) is 2.73. The molecule has 1 heterocycles. The first kappa shape index (κ1) is 13.3. The van der Waals surface area contributed by atoms with Crippen molar-refractivity contribution >= 4 is 22.1 Å². The summed E-state index contributed by atoms with van der Waals surface area (Å²) < 4.78 is 0. The lowest BCUT2D eigenvalue weighted by Gasteiger charge is -2.06. The van der Waals surface area contributed by atoms with E-state index in [9.17, 15) is 9.59 Å². The molecule has 0 aliphatic heterocycles. The van der Waals surface area contributed by atoms with Crippen molar-refractivity contribution in [2.45, 2.75) is 20.3 Å². The fourth-order valence-corrected chi connectivity index (χ4v) is 3.63. The van der Waals surface area contributed by atoms with Gasteiger partial charge in [-0.1, -0.05) is 44.2 Å². The van der Waals surface area contributed by atoms with Gasteiger partial charge in [0.2, 0.25) is 0 Å². The van der Waals surface area contributed by atoms with Gasteiger partial charge in [0.15, 0.2) is 5.78 Å². The number of pyridine rings is 1. The lowest BCUT2D eigenvalue weighted by atomic mass is 9.98. The lowest BCUT2D eigenvalue weighted by molar-refractivity contribution is 0.103. The quantitative estimate of drug-likeness (QED) is 0.804. The molecule has 1 saturated carbocycles. The van der Waals surface area contributed by atoms with Crippen LogP contribution in [0.1, 0.15) is 36.3 Å². The van der Waals surface area contributed by atoms with Gasteiger partial charge in [0.25, 0.3) is 5.56 Å². The molecule has 2 atom stereocenters. The zero-order valence-corrected chi connectivity index (χ0v) is 12.6. The Morgan fingerprint density at radius 1 is 1.09 bits per heavy atom. The van der Waals surface area contributed by atoms with E-state index in [4.69, 9.17) is 0 Å². The van der Waals surface area contributed by atoms with E-state index in [2.05, 4.69) is 11.1 Å². The molecule has 3 nitrogen and oxygen atoms in total. The first-order chi connectivity index (χ1) is 10.8. The van der Waals surface area contributed by atoms with Crippen LogP contribution in [0.4, 0.5) is 0 Å². The minimum absolute atomic E-state index is 0.110. The van der Waals surface area contributed by atoms with E-state index in [0.717, 1.165) is 28.6 Å². The number of hydrogen-bond donors (Lipinski definition) is 1. The van der Waals surface area contributed by atoms with E-state index in [-0.39, 0.29) is 11.3 Å². The average Bonchev–Trinajstić information content (AvgIpc) is 3.29. The smallest absolute Gasteiger partial charge is 0.256 e. The lowest BCUT2D eigenvalue weighted by Crippen LogP contribution is -2.11. The molecule has 3 aliphatic carbocycles. The minimum atomic E-state index is -0.118. The van der Waals surface area contributed by atoms with E-state index in [1.165, 1.54) is 0 Å². The summed E-state index contributed by atoms with van der Waals surface area (Å²) in [5, 5.41) is 1.37. The molecule has 0 spiro atoms. The minimum Gasteiger partial charge on any atom is -0.321 e. The van der Waals surface area contributed by atoms with Crippen molar-refractivity contribution in [3.05, 3.63) is 63.6 Å². The maximum atomic E-state index is 12.8. The second-order valence-corrected chi connectivity index (χ2v) is 5.77. The van der Waals surface area contributed by atoms with Crippen LogP contribution in [-0.4, -0.2) is 10.8 Å². The highest BCUT2D eigenvalue weighted by molar-refractivity contribution is 6.27. The third-order valence-corrected chi connectivity index (χ3v) is 4.68. The number of nitrogens with one attached hydrogen (secondary N) is 1. The van der Waals surface area contributed by atoms with Crippen LogP contribution in [0.3, 0.4) is 0 Å². The summed E-state index contributed by atoms with van der Waals surface area (Å²) in [5.74, 6) is 1.02. The maximum Gasteiger partial charge on any atom is 0.256 e. The van der Waals surface area contributed by atoms with E-state index in [1.54, 1.807) is 6.07 Å². The van der Waals surface area contributed by atoms with Crippen LogP contribution >= 0.6 is 0 Å². The molecule has 2 aromatic rings. The van der Waals surface area contributed by atoms with Gasteiger partial charge < -0.3 is 4.98 Å². The van der Waals surface area contributed by atoms with Crippen LogP contribution in [0.5, 0.6) is 0 Å². The number of allylic oxidation sites excluding steroid dienone is 4. The third-order valence-electron chi connectivity index (χ3n) is 4.68. The zero-order valence-electron chi connectivity index (χ0n) is 12.6. The van der Waals surface area contributed by atoms with Crippen molar-refractivity contribution in [1.29, 1.82) is 0 Å². The number of Topliss-reactive ketones (excluding diaryl/α,β-unsaturated/α-hetero) is 1. The van der Waals surface area contributed by atoms with Gasteiger partial charge in [0.1, 0.15) is 0 Å². The number of ketones is 1. The molecule has 22 heavy (non-hydrogen) atoms. The molecule has 110 valence electrons. The predicted molar refractivity (Wildman–Crippen MR) is 87.9 cm³/mol. The number of aromatic nitrogens is 1. The number of hydrogen-bond acceptors (Lipinski definition) is 2. The highest BCUT2D eigenvalue weighted by Crippen LogP contribution is 2.54. The Morgan fingerprint density at radius 2 is 1.82 bits per heavy atom. The summed E-state index contributed by atoms with van der Waals surface area (Å²) in [5.41, 5.74) is 3.14. The van der Waals surface area contributed by atoms with Gasteiger partial charge in [-0.2, -0.15) is 0 Å². The normalized spacial score (nSPS) is 23.6. The highest BCUT2D eigenvalue weighted by Gasteiger charge is 2.48. The van der Waals surface area contributed by atoms with E-state index >= 15 is 0 Å². The maximum absolute atomic E-state index is 12.8. The highest BCUT2D eigenvalue weighted by atomic mass is 16.1. The number of carbonyl (C=O) groups is 1. The summed E-state index contributed by atoms with van der Waals surface area (Å²) in [4.78, 5) is 27.9. The van der Waals surface area contributed by atoms with Gasteiger partial charge in [0, 0.05) is 21.9 Å². The Bertz CT molecular complexity index is 930. The molecule has 1 aromatic carbocycles. The Hall–Kier alpha value is -2.42. The standard InChI is InChI=1S/C17H11NO2.C2H6/c19-16-13-11(6-5-8-7-12(8)13)15-14(16)9-3-1-2-4-10(9)17(20)18-15;1-2/h1-6,8,12H,7H2,(H,18,20);1-2H3. The molecule has 5 rings (SSSR count). The van der Waals surface area contributed by atoms with Gasteiger partial charge in [-0.3, -0.25) is 9.59 Å². The predicted octanol–water partition coefficient (Wildman–Crippen LogP) is 3.71. The Morgan fingerprint density at radius 3 is 2.59 bits per heavy atom. The second-order valence-electron chi connectivity index (χ2n) is 5.77. The van der Waals surface area contributed by atoms with Gasteiger partial charge in [-0.25, -0.2) is 0 Å². The fourth-order valence-electron chi connectivity index (χ4n) is 3.63. The molecule has 0 bridgehead atoms. The Labute approximate surface area is 128 Å². The average molecular weight is 291 g/mol. The molecule has 0 radical (unpaired) electrons. The molecule has 3 aliphatic rings. The SMILES string of the molecule is CC.O=C1C2=C(C=CC3CC23)c2[nH]c(=O)c3ccccc3c21. The van der Waals surface area contributed by atoms with Crippen LogP contribution in [0.15, 0.2) is 46.8 Å². The zero-order chi connectivity index (χ0) is 15.4. The fraction of sp³-hybridized carbons (Fsp3) is 0.263. The summed E-state index contributed by atoms with van der Waals surface area (Å²) in [7, 11) is 0. The number of carbonyl (C=O) groups excluding carboxylic acids is 1. The van der Waals surface area contributed by atoms with E-state index in [0.29, 0.717) is 22.8 Å². The Balaban J connectivity index is 0.000000602. The first-order valence-corrected chi connectivity index (χ1v) is 7.88. The van der Waals surface area contributed by atoms with Gasteiger partial charge in [-0.15, -0.1) is 0 Å². The van der Waals surface area contributed by atoms with Crippen molar-refractivity contribution in [2.24, 2.45) is 11.8 Å². The number of aromatic amines is 1. The van der Waals surface area contributed by atoms with Crippen molar-refractivity contribution in [3.63, 3.8) is 0 Å². The molecule has 0 amide bonds. The summed E-state index contributed by atoms with van der Waals surface area (Å²) in [6.45, 7) is 4.00. The first-order valence-electron chi connectivity index (χ1n) is 7.88. The molecule has 1 aromatic heterocycles. The van der Waals surface area contributed by atoms with Gasteiger partial charge in [0.05, 0.1) is 11.3 Å². The summed E-state index contributed by atoms with van der Waals surface area (Å²) in [6, 6.07) is 7.35. The van der Waals surface area contributed by atoms with Crippen LogP contribution in [0.2, 0.25) is 0 Å². The van der Waals surface area contributed by atoms with Crippen molar-refractivity contribution in [2.75, 3.05) is 0 Å². The van der Waals surface area contributed by atoms with Crippen LogP contribution in [0, 0.1) is 11.8 Å². The van der Waals surface area contributed by atoms with Gasteiger partial charge in [-0.05, 0) is 24.3 Å². The van der Waals surface area contributed by atoms with Crippen molar-refractivity contribution < 1.29 is 4.79 Å². The largest absolute Gasteiger partial charge is 0.321 e. The summed E-state index contributed by atoms with van der Waals surface area (Å²) in [6.07, 6.45) is 5.24. The number of rotatable bonds is 0. The molecule has 0 saturated heterocycles. The third kappa shape index (κ3) is 1.56. The molecular weight excluding hydrogens is 274 g/mol. The molecule has 2 unspecified atom stereocenters. The molecule has 3 heteroatoms. The number of fused-ring (bicyclic) bond motifs is 6. The summed E-state index contributed by atoms with van der Waals surface area (Å²) >= 11 is 0. The number of benzene rings is 1. The monoisotopic (exact) mass is 291 g/mol.